The van der Waals surface area contributed by atoms with Crippen LogP contribution in [-0.4, -0.2) is 31.0 Å². The second kappa shape index (κ2) is 7.91. The topological polar surface area (TPSA) is 72.6 Å². The Hall–Kier alpha value is -3.41. The zero-order valence-corrected chi connectivity index (χ0v) is 17.5. The van der Waals surface area contributed by atoms with Crippen molar-refractivity contribution in [2.75, 3.05) is 19.0 Å². The zero-order chi connectivity index (χ0) is 21.3. The molecule has 0 saturated carbocycles. The fourth-order valence-electron chi connectivity index (χ4n) is 3.19. The first-order valence-electron chi connectivity index (χ1n) is 9.27. The molecule has 0 radical (unpaired) electrons. The van der Waals surface area contributed by atoms with E-state index in [9.17, 15) is 9.59 Å². The number of cyclic esters (lactones) is 2. The summed E-state index contributed by atoms with van der Waals surface area (Å²) in [5, 5.41) is 0. The molecule has 29 heavy (non-hydrogen) atoms. The fraction of sp³-hybridized carbons (Fsp3) is 0.261. The molecule has 1 aromatic heterocycles. The van der Waals surface area contributed by atoms with Crippen molar-refractivity contribution in [2.45, 2.75) is 27.7 Å². The molecule has 2 aromatic rings. The van der Waals surface area contributed by atoms with Crippen molar-refractivity contribution in [2.24, 2.45) is 0 Å². The molecule has 3 rings (SSSR count). The Balaban J connectivity index is 1.93. The third kappa shape index (κ3) is 4.06. The number of ether oxygens (including phenoxy) is 1. The Kier molecular flexibility index (Phi) is 5.55. The minimum Gasteiger partial charge on any atom is -0.441 e. The van der Waals surface area contributed by atoms with Crippen molar-refractivity contribution >= 4 is 35.4 Å². The van der Waals surface area contributed by atoms with Crippen molar-refractivity contribution < 1.29 is 18.7 Å². The van der Waals surface area contributed by atoms with E-state index < -0.39 is 11.9 Å². The maximum absolute atomic E-state index is 12.2. The summed E-state index contributed by atoms with van der Waals surface area (Å²) >= 11 is 0. The summed E-state index contributed by atoms with van der Waals surface area (Å²) in [6, 6.07) is 8.09. The lowest BCUT2D eigenvalue weighted by Gasteiger charge is -2.11. The molecule has 1 aliphatic rings. The molecule has 1 saturated heterocycles. The van der Waals surface area contributed by atoms with Gasteiger partial charge in [-0.05, 0) is 57.0 Å². The van der Waals surface area contributed by atoms with Crippen LogP contribution in [0.15, 0.2) is 45.4 Å². The Morgan fingerprint density at radius 1 is 0.966 bits per heavy atom. The quantitative estimate of drug-likeness (QED) is 0.436. The van der Waals surface area contributed by atoms with Gasteiger partial charge in [0.25, 0.3) is 0 Å². The SMILES string of the molecule is CC(C)=C1C(=O)OC(=O)/C1=C(\C)c1nc(/C=C/c2ccc(N(C)C)cc2)oc1C. The highest BCUT2D eigenvalue weighted by Gasteiger charge is 2.36. The molecular formula is C23H24N2O4. The van der Waals surface area contributed by atoms with Gasteiger partial charge in [0.15, 0.2) is 0 Å². The van der Waals surface area contributed by atoms with Crippen molar-refractivity contribution in [3.8, 4) is 0 Å². The van der Waals surface area contributed by atoms with Gasteiger partial charge in [0, 0.05) is 25.9 Å². The number of hydrogen-bond donors (Lipinski definition) is 0. The molecule has 0 aliphatic carbocycles. The monoisotopic (exact) mass is 392 g/mol. The minimum atomic E-state index is -0.649. The summed E-state index contributed by atoms with van der Waals surface area (Å²) in [6.45, 7) is 7.07. The molecule has 0 N–H and O–H groups in total. The second-order valence-corrected chi connectivity index (χ2v) is 7.33. The smallest absolute Gasteiger partial charge is 0.347 e. The summed E-state index contributed by atoms with van der Waals surface area (Å²) in [6.07, 6.45) is 3.69. The second-order valence-electron chi connectivity index (χ2n) is 7.33. The lowest BCUT2D eigenvalue weighted by atomic mass is 9.97. The summed E-state index contributed by atoms with van der Waals surface area (Å²) in [5.74, 6) is -0.278. The van der Waals surface area contributed by atoms with Crippen LogP contribution < -0.4 is 4.90 Å². The first-order valence-corrected chi connectivity index (χ1v) is 9.27. The maximum atomic E-state index is 12.2. The average Bonchev–Trinajstić information content (AvgIpc) is 3.18. The highest BCUT2D eigenvalue weighted by atomic mass is 16.6. The van der Waals surface area contributed by atoms with Crippen LogP contribution >= 0.6 is 0 Å². The van der Waals surface area contributed by atoms with E-state index >= 15 is 0 Å². The van der Waals surface area contributed by atoms with E-state index in [-0.39, 0.29) is 5.57 Å². The molecule has 0 unspecified atom stereocenters. The van der Waals surface area contributed by atoms with E-state index in [0.29, 0.717) is 28.5 Å². The lowest BCUT2D eigenvalue weighted by molar-refractivity contribution is -0.149. The molecule has 150 valence electrons. The van der Waals surface area contributed by atoms with Crippen molar-refractivity contribution in [1.29, 1.82) is 0 Å². The van der Waals surface area contributed by atoms with Crippen LogP contribution in [0.3, 0.4) is 0 Å². The van der Waals surface area contributed by atoms with Gasteiger partial charge in [0.2, 0.25) is 5.89 Å². The Bertz CT molecular complexity index is 1060. The summed E-state index contributed by atoms with van der Waals surface area (Å²) in [5.41, 5.74) is 4.50. The highest BCUT2D eigenvalue weighted by molar-refractivity contribution is 6.22. The van der Waals surface area contributed by atoms with E-state index in [1.807, 2.05) is 49.3 Å². The molecule has 0 atom stereocenters. The fourth-order valence-corrected chi connectivity index (χ4v) is 3.19. The molecule has 6 heteroatoms. The third-order valence-corrected chi connectivity index (χ3v) is 4.71. The van der Waals surface area contributed by atoms with Gasteiger partial charge in [0.1, 0.15) is 11.5 Å². The largest absolute Gasteiger partial charge is 0.441 e. The molecule has 0 spiro atoms. The van der Waals surface area contributed by atoms with Gasteiger partial charge in [0.05, 0.1) is 11.1 Å². The van der Waals surface area contributed by atoms with Crippen molar-refractivity contribution in [1.82, 2.24) is 4.98 Å². The number of esters is 2. The minimum absolute atomic E-state index is 0.251. The number of carbonyl (C=O) groups excluding carboxylic acids is 2. The van der Waals surface area contributed by atoms with Crippen LogP contribution in [0.5, 0.6) is 0 Å². The molecule has 1 aliphatic heterocycles. The van der Waals surface area contributed by atoms with Crippen LogP contribution in [0.2, 0.25) is 0 Å². The first-order chi connectivity index (χ1) is 13.7. The number of oxazole rings is 1. The van der Waals surface area contributed by atoms with Gasteiger partial charge >= 0.3 is 11.9 Å². The van der Waals surface area contributed by atoms with Gasteiger partial charge in [-0.25, -0.2) is 14.6 Å². The predicted octanol–water partition coefficient (Wildman–Crippen LogP) is 4.41. The van der Waals surface area contributed by atoms with Crippen molar-refractivity contribution in [3.63, 3.8) is 0 Å². The van der Waals surface area contributed by atoms with Gasteiger partial charge in [-0.3, -0.25) is 0 Å². The number of anilines is 1. The first kappa shape index (κ1) is 20.3. The average molecular weight is 392 g/mol. The Morgan fingerprint density at radius 3 is 2.17 bits per heavy atom. The number of hydrogen-bond acceptors (Lipinski definition) is 6. The number of benzene rings is 1. The molecule has 0 amide bonds. The van der Waals surface area contributed by atoms with E-state index in [2.05, 4.69) is 4.98 Å². The zero-order valence-electron chi connectivity index (χ0n) is 17.5. The molecule has 0 bridgehead atoms. The molecule has 6 nitrogen and oxygen atoms in total. The van der Waals surface area contributed by atoms with E-state index in [4.69, 9.17) is 9.15 Å². The maximum Gasteiger partial charge on any atom is 0.347 e. The number of nitrogens with zero attached hydrogens (tertiary/aromatic N) is 2. The summed E-state index contributed by atoms with van der Waals surface area (Å²) in [4.78, 5) is 30.7. The van der Waals surface area contributed by atoms with Crippen LogP contribution in [0.4, 0.5) is 5.69 Å². The van der Waals surface area contributed by atoms with E-state index in [1.165, 1.54) is 0 Å². The highest BCUT2D eigenvalue weighted by Crippen LogP contribution is 2.33. The summed E-state index contributed by atoms with van der Waals surface area (Å²) in [7, 11) is 3.99. The molecule has 1 aromatic carbocycles. The standard InChI is InChI=1S/C23H24N2O4/c1-13(2)19-20(23(27)29-22(19)26)14(3)21-15(4)28-18(24-21)12-9-16-7-10-17(11-8-16)25(5)6/h7-12H,1-6H3/b12-9+,20-14+. The molecule has 2 heterocycles. The van der Waals surface area contributed by atoms with Crippen molar-refractivity contribution in [3.05, 3.63) is 63.9 Å². The van der Waals surface area contributed by atoms with Crippen LogP contribution in [0, 0.1) is 6.92 Å². The van der Waals surface area contributed by atoms with E-state index in [1.54, 1.807) is 33.8 Å². The number of carbonyl (C=O) groups is 2. The van der Waals surface area contributed by atoms with Gasteiger partial charge < -0.3 is 14.1 Å². The van der Waals surface area contributed by atoms with Crippen LogP contribution in [-0.2, 0) is 14.3 Å². The summed E-state index contributed by atoms with van der Waals surface area (Å²) < 4.78 is 10.5. The number of allylic oxidation sites excluding steroid dienone is 2. The van der Waals surface area contributed by atoms with E-state index in [0.717, 1.165) is 16.8 Å². The molecular weight excluding hydrogens is 368 g/mol. The number of aromatic nitrogens is 1. The third-order valence-electron chi connectivity index (χ3n) is 4.71. The van der Waals surface area contributed by atoms with Gasteiger partial charge in [-0.15, -0.1) is 0 Å². The Morgan fingerprint density at radius 2 is 1.59 bits per heavy atom. The van der Waals surface area contributed by atoms with Crippen LogP contribution in [0.25, 0.3) is 17.7 Å². The number of rotatable bonds is 4. The van der Waals surface area contributed by atoms with Gasteiger partial charge in [-0.2, -0.15) is 0 Å². The molecule has 1 fully saturated rings. The normalized spacial score (nSPS) is 15.9. The van der Waals surface area contributed by atoms with Crippen LogP contribution in [0.1, 0.15) is 43.7 Å². The Labute approximate surface area is 170 Å². The predicted molar refractivity (Wildman–Crippen MR) is 113 cm³/mol. The van der Waals surface area contributed by atoms with Gasteiger partial charge in [-0.1, -0.05) is 17.7 Å². The number of aryl methyl sites for hydroxylation is 1. The lowest BCUT2D eigenvalue weighted by Crippen LogP contribution is -2.07.